The molecule has 6 atom stereocenters. The van der Waals surface area contributed by atoms with Crippen LogP contribution in [0.5, 0.6) is 5.75 Å². The molecule has 5 unspecified atom stereocenters. The SMILES string of the molecule is CN(C)[C@@H]1C(=O)C(C(N)=O)=C(O)C2(O)C(O)C3C(=O)c4c(cc(I)c(N)c4O)CC3CC12.I. The number of nitrogens with zero attached hydrogens (tertiary/aromatic N) is 1. The van der Waals surface area contributed by atoms with Crippen LogP contribution in [-0.4, -0.2) is 74.6 Å². The number of rotatable bonds is 2. The Labute approximate surface area is 220 Å². The second-order valence-electron chi connectivity index (χ2n) is 8.98. The highest BCUT2D eigenvalue weighted by Crippen LogP contribution is 2.54. The van der Waals surface area contributed by atoms with Gasteiger partial charge >= 0.3 is 0 Å². The third kappa shape index (κ3) is 3.47. The number of ketones is 2. The van der Waals surface area contributed by atoms with E-state index >= 15 is 0 Å². The summed E-state index contributed by atoms with van der Waals surface area (Å²) in [5, 5.41) is 44.1. The molecule has 1 saturated carbocycles. The molecule has 10 nitrogen and oxygen atoms in total. The van der Waals surface area contributed by atoms with Crippen LogP contribution < -0.4 is 11.5 Å². The quantitative estimate of drug-likeness (QED) is 0.109. The molecule has 0 radical (unpaired) electrons. The third-order valence-corrected chi connectivity index (χ3v) is 8.03. The lowest BCUT2D eigenvalue weighted by Crippen LogP contribution is -2.69. The Kier molecular flexibility index (Phi) is 6.83. The number of hydrogen-bond donors (Lipinski definition) is 6. The number of halogens is 2. The number of nitrogen functional groups attached to an aromatic ring is 1. The average Bonchev–Trinajstić information content (AvgIpc) is 2.68. The minimum Gasteiger partial charge on any atom is -0.508 e. The number of benzene rings is 1. The molecule has 0 spiro atoms. The number of carbonyl (C=O) groups excluding carboxylic acids is 3. The molecule has 0 aliphatic heterocycles. The highest BCUT2D eigenvalue weighted by molar-refractivity contribution is 14.1. The largest absolute Gasteiger partial charge is 0.508 e. The molecular formula is C21H25I2N3O7. The summed E-state index contributed by atoms with van der Waals surface area (Å²) < 4.78 is 0.573. The maximum Gasteiger partial charge on any atom is 0.255 e. The lowest BCUT2D eigenvalue weighted by Gasteiger charge is -2.55. The molecule has 33 heavy (non-hydrogen) atoms. The number of nitrogens with two attached hydrogens (primary N) is 2. The van der Waals surface area contributed by atoms with Gasteiger partial charge in [0.2, 0.25) is 0 Å². The van der Waals surface area contributed by atoms with Gasteiger partial charge in [0.15, 0.2) is 22.9 Å². The van der Waals surface area contributed by atoms with Crippen LogP contribution in [0.2, 0.25) is 0 Å². The molecule has 0 aromatic heterocycles. The zero-order chi connectivity index (χ0) is 23.9. The average molecular weight is 685 g/mol. The van der Waals surface area contributed by atoms with E-state index in [4.69, 9.17) is 11.5 Å². The Balaban J connectivity index is 0.00000306. The molecule has 1 amide bonds. The van der Waals surface area contributed by atoms with Crippen LogP contribution in [0, 0.1) is 21.3 Å². The van der Waals surface area contributed by atoms with Gasteiger partial charge in [-0.05, 0) is 67.1 Å². The van der Waals surface area contributed by atoms with Gasteiger partial charge in [0, 0.05) is 9.49 Å². The van der Waals surface area contributed by atoms with Gasteiger partial charge in [0.25, 0.3) is 5.91 Å². The normalized spacial score (nSPS) is 33.2. The maximum absolute atomic E-state index is 13.4. The lowest BCUT2D eigenvalue weighted by molar-refractivity contribution is -0.183. The number of aliphatic hydroxyl groups excluding tert-OH is 2. The fourth-order valence-electron chi connectivity index (χ4n) is 5.72. The van der Waals surface area contributed by atoms with Gasteiger partial charge in [0.05, 0.1) is 23.2 Å². The van der Waals surface area contributed by atoms with E-state index in [2.05, 4.69) is 0 Å². The number of amides is 1. The van der Waals surface area contributed by atoms with Crippen molar-refractivity contribution < 1.29 is 34.8 Å². The summed E-state index contributed by atoms with van der Waals surface area (Å²) in [4.78, 5) is 39.9. The van der Waals surface area contributed by atoms with Crippen molar-refractivity contribution in [2.24, 2.45) is 23.5 Å². The van der Waals surface area contributed by atoms with Crippen molar-refractivity contribution in [2.75, 3.05) is 19.8 Å². The van der Waals surface area contributed by atoms with Crippen molar-refractivity contribution >= 4 is 69.7 Å². The van der Waals surface area contributed by atoms with Crippen molar-refractivity contribution in [3.05, 3.63) is 32.1 Å². The molecule has 12 heteroatoms. The monoisotopic (exact) mass is 685 g/mol. The number of carbonyl (C=O) groups is 3. The number of Topliss-reactive ketones (excluding diaryl/α,β-unsaturated/α-hetero) is 2. The van der Waals surface area contributed by atoms with E-state index in [0.717, 1.165) is 0 Å². The van der Waals surface area contributed by atoms with Crippen LogP contribution in [0.1, 0.15) is 22.3 Å². The highest BCUT2D eigenvalue weighted by atomic mass is 127. The van der Waals surface area contributed by atoms with Gasteiger partial charge in [-0.15, -0.1) is 24.0 Å². The Morgan fingerprint density at radius 3 is 2.39 bits per heavy atom. The Hall–Kier alpha value is -1.49. The van der Waals surface area contributed by atoms with Crippen molar-refractivity contribution in [3.8, 4) is 5.75 Å². The number of phenols is 1. The molecule has 180 valence electrons. The van der Waals surface area contributed by atoms with Crippen molar-refractivity contribution in [1.82, 2.24) is 4.90 Å². The first kappa shape index (κ1) is 26.1. The van der Waals surface area contributed by atoms with E-state index in [1.807, 2.05) is 22.6 Å². The number of aromatic hydroxyl groups is 1. The summed E-state index contributed by atoms with van der Waals surface area (Å²) >= 11 is 1.95. The zero-order valence-corrected chi connectivity index (χ0v) is 22.3. The molecule has 0 bridgehead atoms. The predicted molar refractivity (Wildman–Crippen MR) is 136 cm³/mol. The smallest absolute Gasteiger partial charge is 0.255 e. The molecule has 0 heterocycles. The number of likely N-dealkylation sites (N-methyl/N-ethyl adjacent to an activating group) is 1. The second-order valence-corrected chi connectivity index (χ2v) is 10.1. The van der Waals surface area contributed by atoms with Gasteiger partial charge in [-0.25, -0.2) is 0 Å². The second kappa shape index (κ2) is 8.62. The number of hydrogen-bond acceptors (Lipinski definition) is 9. The first-order valence-corrected chi connectivity index (χ1v) is 11.1. The number of phenolic OH excluding ortho intramolecular Hbond substituents is 1. The molecule has 3 aliphatic rings. The molecule has 4 rings (SSSR count). The summed E-state index contributed by atoms with van der Waals surface area (Å²) in [6, 6.07) is 0.648. The first-order chi connectivity index (χ1) is 14.8. The maximum atomic E-state index is 13.4. The topological polar surface area (TPSA) is 187 Å². The van der Waals surface area contributed by atoms with Crippen LogP contribution in [0.4, 0.5) is 5.69 Å². The fraction of sp³-hybridized carbons (Fsp3) is 0.476. The minimum atomic E-state index is -2.45. The van der Waals surface area contributed by atoms with Crippen molar-refractivity contribution in [2.45, 2.75) is 30.6 Å². The van der Waals surface area contributed by atoms with Crippen LogP contribution in [-0.2, 0) is 16.0 Å². The van der Waals surface area contributed by atoms with Gasteiger partial charge < -0.3 is 31.9 Å². The summed E-state index contributed by atoms with van der Waals surface area (Å²) in [6.45, 7) is 0. The molecule has 1 aromatic rings. The molecular weight excluding hydrogens is 660 g/mol. The van der Waals surface area contributed by atoms with E-state index in [1.165, 1.54) is 4.90 Å². The highest BCUT2D eigenvalue weighted by Gasteiger charge is 2.65. The molecule has 3 aliphatic carbocycles. The summed E-state index contributed by atoms with van der Waals surface area (Å²) in [5.41, 5.74) is 8.51. The lowest BCUT2D eigenvalue weighted by atomic mass is 9.54. The van der Waals surface area contributed by atoms with E-state index in [1.54, 1.807) is 20.2 Å². The first-order valence-electron chi connectivity index (χ1n) is 10.0. The molecule has 1 aromatic carbocycles. The van der Waals surface area contributed by atoms with E-state index in [-0.39, 0.29) is 47.4 Å². The number of primary amides is 1. The standard InChI is InChI=1S/C21H24IN3O7.HI/c1-25(2)14-8-4-6-3-7-5-9(22)13(23)16(27)10(7)15(26)11(6)18(29)21(8,32)19(30)12(17(14)28)20(24)31;/h5-6,8,11,14,18,27,29-30,32H,3-4,23H2,1-2H3,(H2,24,31);1H/t6?,8?,11?,14-,18?,21?;/m0./s1. The third-order valence-electron chi connectivity index (χ3n) is 7.14. The van der Waals surface area contributed by atoms with E-state index in [9.17, 15) is 34.8 Å². The van der Waals surface area contributed by atoms with Crippen LogP contribution in [0.3, 0.4) is 0 Å². The number of fused-ring (bicyclic) bond motifs is 3. The molecule has 0 saturated heterocycles. The number of anilines is 1. The van der Waals surface area contributed by atoms with E-state index < -0.39 is 64.3 Å². The summed E-state index contributed by atoms with van der Waals surface area (Å²) in [7, 11) is 3.15. The van der Waals surface area contributed by atoms with Crippen LogP contribution in [0.25, 0.3) is 0 Å². The molecule has 1 fully saturated rings. The fourth-order valence-corrected chi connectivity index (χ4v) is 6.36. The van der Waals surface area contributed by atoms with Gasteiger partial charge in [-0.2, -0.15) is 0 Å². The van der Waals surface area contributed by atoms with Gasteiger partial charge in [-0.3, -0.25) is 19.3 Å². The van der Waals surface area contributed by atoms with Crippen molar-refractivity contribution in [3.63, 3.8) is 0 Å². The van der Waals surface area contributed by atoms with Crippen molar-refractivity contribution in [1.29, 1.82) is 0 Å². The van der Waals surface area contributed by atoms with Gasteiger partial charge in [-0.1, -0.05) is 0 Å². The van der Waals surface area contributed by atoms with Gasteiger partial charge in [0.1, 0.15) is 17.4 Å². The molecule has 8 N–H and O–H groups in total. The van der Waals surface area contributed by atoms with Crippen LogP contribution >= 0.6 is 46.6 Å². The minimum absolute atomic E-state index is 0. The zero-order valence-electron chi connectivity index (χ0n) is 17.8. The summed E-state index contributed by atoms with van der Waals surface area (Å²) in [6.07, 6.45) is -1.45. The Morgan fingerprint density at radius 1 is 1.24 bits per heavy atom. The van der Waals surface area contributed by atoms with Crippen LogP contribution in [0.15, 0.2) is 17.4 Å². The van der Waals surface area contributed by atoms with E-state index in [0.29, 0.717) is 15.6 Å². The summed E-state index contributed by atoms with van der Waals surface area (Å²) in [5.74, 6) is -6.69. The predicted octanol–water partition coefficient (Wildman–Crippen LogP) is 0.0904. The Morgan fingerprint density at radius 2 is 1.85 bits per heavy atom. The number of aliphatic hydroxyl groups is 3. The Bertz CT molecular complexity index is 1110.